The minimum atomic E-state index is 0.339. The fourth-order valence-electron chi connectivity index (χ4n) is 3.12. The van der Waals surface area contributed by atoms with E-state index < -0.39 is 0 Å². The largest absolute Gasteiger partial charge is 0.312 e. The zero-order valence-corrected chi connectivity index (χ0v) is 16.3. The van der Waals surface area contributed by atoms with Crippen molar-refractivity contribution in [1.29, 1.82) is 0 Å². The lowest BCUT2D eigenvalue weighted by molar-refractivity contribution is 0.342. The van der Waals surface area contributed by atoms with Crippen LogP contribution in [0, 0.1) is 0 Å². The van der Waals surface area contributed by atoms with Crippen molar-refractivity contribution in [3.05, 3.63) is 0 Å². The van der Waals surface area contributed by atoms with Gasteiger partial charge in [-0.3, -0.25) is 0 Å². The smallest absolute Gasteiger partial charge is 0.0125 e. The maximum Gasteiger partial charge on any atom is 0.0125 e. The molecule has 0 aliphatic heterocycles. The predicted molar refractivity (Wildman–Crippen MR) is 103 cm³/mol. The van der Waals surface area contributed by atoms with Crippen LogP contribution in [0.2, 0.25) is 0 Å². The molecule has 0 bridgehead atoms. The van der Waals surface area contributed by atoms with Gasteiger partial charge in [-0.2, -0.15) is 0 Å². The molecule has 1 heteroatoms. The van der Waals surface area contributed by atoms with Gasteiger partial charge in [0.1, 0.15) is 0 Å². The van der Waals surface area contributed by atoms with Gasteiger partial charge in [0.15, 0.2) is 0 Å². The Morgan fingerprint density at radius 2 is 0.955 bits per heavy atom. The summed E-state index contributed by atoms with van der Waals surface area (Å²) in [6.45, 7) is 10.5. The Balaban J connectivity index is 3.34. The van der Waals surface area contributed by atoms with Crippen LogP contribution >= 0.6 is 0 Å². The minimum Gasteiger partial charge on any atom is -0.312 e. The molecule has 0 heterocycles. The average molecular weight is 312 g/mol. The predicted octanol–water partition coefficient (Wildman–Crippen LogP) is 7.25. The van der Waals surface area contributed by atoms with E-state index in [1.54, 1.807) is 0 Å². The normalized spacial score (nSPS) is 12.0. The van der Waals surface area contributed by atoms with Crippen molar-refractivity contribution >= 4 is 0 Å². The van der Waals surface area contributed by atoms with Gasteiger partial charge in [-0.25, -0.2) is 0 Å². The van der Waals surface area contributed by atoms with Gasteiger partial charge < -0.3 is 5.32 Å². The van der Waals surface area contributed by atoms with Gasteiger partial charge in [-0.05, 0) is 33.2 Å². The van der Waals surface area contributed by atoms with E-state index in [0.717, 1.165) is 0 Å². The molecule has 0 saturated heterocycles. The number of hydrogen-bond donors (Lipinski definition) is 1. The van der Waals surface area contributed by atoms with Crippen LogP contribution in [0.25, 0.3) is 0 Å². The van der Waals surface area contributed by atoms with E-state index in [-0.39, 0.29) is 0 Å². The van der Waals surface area contributed by atoms with E-state index in [9.17, 15) is 0 Å². The highest BCUT2D eigenvalue weighted by molar-refractivity contribution is 4.77. The Hall–Kier alpha value is -0.0400. The van der Waals surface area contributed by atoms with Gasteiger partial charge in [0, 0.05) is 5.54 Å². The summed E-state index contributed by atoms with van der Waals surface area (Å²) in [5, 5.41) is 3.77. The highest BCUT2D eigenvalue weighted by Gasteiger charge is 2.15. The molecule has 0 aliphatic carbocycles. The summed E-state index contributed by atoms with van der Waals surface area (Å²) in [5.41, 5.74) is 0.339. The van der Waals surface area contributed by atoms with Crippen LogP contribution in [0.4, 0.5) is 0 Å². The molecule has 1 nitrogen and oxygen atoms in total. The first-order chi connectivity index (χ1) is 10.6. The molecule has 0 fully saturated rings. The molecule has 0 amide bonds. The number of nitrogens with one attached hydrogen (secondary N) is 1. The minimum absolute atomic E-state index is 0.339. The van der Waals surface area contributed by atoms with Gasteiger partial charge >= 0.3 is 0 Å². The molecule has 1 N–H and O–H groups in total. The molecule has 0 rings (SSSR count). The maximum absolute atomic E-state index is 3.77. The lowest BCUT2D eigenvalue weighted by atomic mass is 9.95. The molecule has 0 saturated carbocycles. The van der Waals surface area contributed by atoms with E-state index in [4.69, 9.17) is 0 Å². The van der Waals surface area contributed by atoms with Crippen LogP contribution in [0.3, 0.4) is 0 Å². The summed E-state index contributed by atoms with van der Waals surface area (Å²) in [7, 11) is 0. The second-order valence-electron chi connectivity index (χ2n) is 7.80. The first-order valence-corrected chi connectivity index (χ1v) is 10.4. The number of hydrogen-bond acceptors (Lipinski definition) is 1. The molecular weight excluding hydrogens is 266 g/mol. The van der Waals surface area contributed by atoms with Crippen molar-refractivity contribution in [2.75, 3.05) is 6.54 Å². The Kier molecular flexibility index (Phi) is 15.8. The van der Waals surface area contributed by atoms with Gasteiger partial charge in [0.05, 0.1) is 0 Å². The van der Waals surface area contributed by atoms with Crippen molar-refractivity contribution in [3.8, 4) is 0 Å². The standard InChI is InChI=1S/C21H45N/c1-5-7-9-11-13-15-17-19-21(3,4)22-20-18-16-14-12-10-8-6-2/h22H,5-20H2,1-4H3. The second kappa shape index (κ2) is 15.8. The highest BCUT2D eigenvalue weighted by atomic mass is 14.9. The fraction of sp³-hybridized carbons (Fsp3) is 1.00. The van der Waals surface area contributed by atoms with Crippen LogP contribution in [-0.2, 0) is 0 Å². The molecule has 22 heavy (non-hydrogen) atoms. The van der Waals surface area contributed by atoms with Gasteiger partial charge in [0.25, 0.3) is 0 Å². The number of unbranched alkanes of at least 4 members (excludes halogenated alkanes) is 12. The SMILES string of the molecule is CCCCCCCCCNC(C)(C)CCCCCCCCC. The molecular formula is C21H45N. The zero-order valence-electron chi connectivity index (χ0n) is 16.3. The van der Waals surface area contributed by atoms with E-state index in [1.165, 1.54) is 103 Å². The lowest BCUT2D eigenvalue weighted by Crippen LogP contribution is -2.39. The van der Waals surface area contributed by atoms with E-state index in [2.05, 4.69) is 33.0 Å². The quantitative estimate of drug-likeness (QED) is 0.279. The van der Waals surface area contributed by atoms with Gasteiger partial charge in [0.2, 0.25) is 0 Å². The van der Waals surface area contributed by atoms with Gasteiger partial charge in [-0.15, -0.1) is 0 Å². The highest BCUT2D eigenvalue weighted by Crippen LogP contribution is 2.16. The first-order valence-electron chi connectivity index (χ1n) is 10.4. The third kappa shape index (κ3) is 16.3. The maximum atomic E-state index is 3.77. The van der Waals surface area contributed by atoms with Crippen LogP contribution < -0.4 is 5.32 Å². The van der Waals surface area contributed by atoms with E-state index >= 15 is 0 Å². The van der Waals surface area contributed by atoms with Gasteiger partial charge in [-0.1, -0.05) is 97.3 Å². The fourth-order valence-corrected chi connectivity index (χ4v) is 3.12. The summed E-state index contributed by atoms with van der Waals surface area (Å²) >= 11 is 0. The van der Waals surface area contributed by atoms with Crippen molar-refractivity contribution in [2.45, 2.75) is 130 Å². The molecule has 134 valence electrons. The Labute approximate surface area is 142 Å². The summed E-state index contributed by atoms with van der Waals surface area (Å²) in [6.07, 6.45) is 21.1. The van der Waals surface area contributed by atoms with Crippen molar-refractivity contribution < 1.29 is 0 Å². The molecule has 0 aromatic carbocycles. The van der Waals surface area contributed by atoms with Crippen LogP contribution in [0.5, 0.6) is 0 Å². The Morgan fingerprint density at radius 3 is 1.45 bits per heavy atom. The third-order valence-electron chi connectivity index (χ3n) is 4.79. The Bertz CT molecular complexity index is 210. The molecule has 0 atom stereocenters. The van der Waals surface area contributed by atoms with Crippen molar-refractivity contribution in [1.82, 2.24) is 5.32 Å². The van der Waals surface area contributed by atoms with Crippen molar-refractivity contribution in [2.24, 2.45) is 0 Å². The van der Waals surface area contributed by atoms with Crippen molar-refractivity contribution in [3.63, 3.8) is 0 Å². The summed E-state index contributed by atoms with van der Waals surface area (Å²) in [6, 6.07) is 0. The van der Waals surface area contributed by atoms with E-state index in [0.29, 0.717) is 5.54 Å². The summed E-state index contributed by atoms with van der Waals surface area (Å²) < 4.78 is 0. The molecule has 0 unspecified atom stereocenters. The molecule has 0 aliphatic rings. The topological polar surface area (TPSA) is 12.0 Å². The molecule has 0 aromatic rings. The molecule has 0 radical (unpaired) electrons. The lowest BCUT2D eigenvalue weighted by Gasteiger charge is -2.26. The average Bonchev–Trinajstić information content (AvgIpc) is 2.49. The van der Waals surface area contributed by atoms with Crippen LogP contribution in [0.15, 0.2) is 0 Å². The third-order valence-corrected chi connectivity index (χ3v) is 4.79. The monoisotopic (exact) mass is 311 g/mol. The van der Waals surface area contributed by atoms with Crippen LogP contribution in [-0.4, -0.2) is 12.1 Å². The summed E-state index contributed by atoms with van der Waals surface area (Å²) in [5.74, 6) is 0. The first kappa shape index (κ1) is 22.0. The molecule has 0 aromatic heterocycles. The Morgan fingerprint density at radius 1 is 0.545 bits per heavy atom. The van der Waals surface area contributed by atoms with Crippen LogP contribution in [0.1, 0.15) is 124 Å². The summed E-state index contributed by atoms with van der Waals surface area (Å²) in [4.78, 5) is 0. The number of rotatable bonds is 17. The molecule has 0 spiro atoms. The van der Waals surface area contributed by atoms with E-state index in [1.807, 2.05) is 0 Å². The second-order valence-corrected chi connectivity index (χ2v) is 7.80. The zero-order chi connectivity index (χ0) is 16.5.